The number of carboxylic acid groups (broad SMARTS) is 1. The van der Waals surface area contributed by atoms with Gasteiger partial charge in [0.15, 0.2) is 5.79 Å². The molecule has 1 aromatic heterocycles. The van der Waals surface area contributed by atoms with Gasteiger partial charge in [-0.15, -0.1) is 0 Å². The fourth-order valence-electron chi connectivity index (χ4n) is 2.46. The number of hydrogen-bond acceptors (Lipinski definition) is 5. The molecule has 2 rings (SSSR count). The molecule has 1 aliphatic heterocycles. The number of allylic oxidation sites excluding steroid dienone is 3. The SMILES string of the molecule is CC1(C)O[C@@H](CCCC(=O)O)[C@@H](/C=C/C=C/C#Cc2cnccn2)O1. The summed E-state index contributed by atoms with van der Waals surface area (Å²) in [6.45, 7) is 3.71. The predicted molar refractivity (Wildman–Crippen MR) is 92.5 cm³/mol. The lowest BCUT2D eigenvalue weighted by atomic mass is 10.1. The zero-order valence-corrected chi connectivity index (χ0v) is 14.4. The molecule has 2 heterocycles. The highest BCUT2D eigenvalue weighted by Gasteiger charge is 2.39. The molecule has 1 aromatic rings. The van der Waals surface area contributed by atoms with E-state index in [1.165, 1.54) is 0 Å². The van der Waals surface area contributed by atoms with Gasteiger partial charge in [-0.25, -0.2) is 4.98 Å². The molecule has 6 nitrogen and oxygen atoms in total. The molecule has 25 heavy (non-hydrogen) atoms. The molecule has 0 amide bonds. The van der Waals surface area contributed by atoms with Crippen LogP contribution < -0.4 is 0 Å². The Bertz CT molecular complexity index is 686. The monoisotopic (exact) mass is 342 g/mol. The number of carbonyl (C=O) groups is 1. The van der Waals surface area contributed by atoms with E-state index in [1.54, 1.807) is 24.7 Å². The molecule has 0 unspecified atom stereocenters. The van der Waals surface area contributed by atoms with E-state index in [0.29, 0.717) is 18.5 Å². The van der Waals surface area contributed by atoms with Crippen LogP contribution in [0.3, 0.4) is 0 Å². The van der Waals surface area contributed by atoms with Crippen molar-refractivity contribution in [3.05, 3.63) is 48.6 Å². The molecule has 0 spiro atoms. The van der Waals surface area contributed by atoms with Crippen molar-refractivity contribution in [1.29, 1.82) is 0 Å². The molecule has 0 saturated carbocycles. The molecule has 0 aliphatic carbocycles. The van der Waals surface area contributed by atoms with Crippen LogP contribution in [0.5, 0.6) is 0 Å². The lowest BCUT2D eigenvalue weighted by Crippen LogP contribution is -2.21. The van der Waals surface area contributed by atoms with Crippen molar-refractivity contribution in [3.8, 4) is 11.8 Å². The summed E-state index contributed by atoms with van der Waals surface area (Å²) in [5.41, 5.74) is 0.615. The van der Waals surface area contributed by atoms with E-state index in [-0.39, 0.29) is 18.6 Å². The van der Waals surface area contributed by atoms with Gasteiger partial charge in [0.2, 0.25) is 0 Å². The Labute approximate surface area is 147 Å². The van der Waals surface area contributed by atoms with E-state index < -0.39 is 11.8 Å². The summed E-state index contributed by atoms with van der Waals surface area (Å²) in [5.74, 6) is 4.29. The van der Waals surface area contributed by atoms with E-state index in [0.717, 1.165) is 0 Å². The van der Waals surface area contributed by atoms with Crippen LogP contribution in [-0.4, -0.2) is 39.0 Å². The first-order valence-corrected chi connectivity index (χ1v) is 8.14. The first kappa shape index (κ1) is 18.8. The van der Waals surface area contributed by atoms with Gasteiger partial charge in [0.25, 0.3) is 0 Å². The molecular formula is C19H22N2O4. The van der Waals surface area contributed by atoms with Crippen LogP contribution in [0.4, 0.5) is 0 Å². The molecule has 0 bridgehead atoms. The number of aromatic nitrogens is 2. The third kappa shape index (κ3) is 6.87. The molecular weight excluding hydrogens is 320 g/mol. The van der Waals surface area contributed by atoms with Gasteiger partial charge < -0.3 is 14.6 Å². The van der Waals surface area contributed by atoms with Gasteiger partial charge in [-0.1, -0.05) is 24.1 Å². The highest BCUT2D eigenvalue weighted by atomic mass is 16.7. The highest BCUT2D eigenvalue weighted by molar-refractivity contribution is 5.66. The molecule has 0 radical (unpaired) electrons. The van der Waals surface area contributed by atoms with Crippen molar-refractivity contribution in [1.82, 2.24) is 9.97 Å². The average Bonchev–Trinajstić information content (AvgIpc) is 2.85. The van der Waals surface area contributed by atoms with Gasteiger partial charge in [-0.05, 0) is 38.7 Å². The minimum Gasteiger partial charge on any atom is -0.481 e. The van der Waals surface area contributed by atoms with E-state index in [1.807, 2.05) is 32.1 Å². The molecule has 1 aliphatic rings. The smallest absolute Gasteiger partial charge is 0.303 e. The van der Waals surface area contributed by atoms with Crippen molar-refractivity contribution in [2.24, 2.45) is 0 Å². The molecule has 1 saturated heterocycles. The fraction of sp³-hybridized carbons (Fsp3) is 0.421. The summed E-state index contributed by atoms with van der Waals surface area (Å²) in [7, 11) is 0. The summed E-state index contributed by atoms with van der Waals surface area (Å²) in [5, 5.41) is 8.75. The van der Waals surface area contributed by atoms with Gasteiger partial charge in [-0.2, -0.15) is 0 Å². The minimum atomic E-state index is -0.796. The summed E-state index contributed by atoms with van der Waals surface area (Å²) in [6, 6.07) is 0. The van der Waals surface area contributed by atoms with Crippen LogP contribution in [0, 0.1) is 11.8 Å². The van der Waals surface area contributed by atoms with E-state index >= 15 is 0 Å². The third-order valence-corrected chi connectivity index (χ3v) is 3.46. The first-order chi connectivity index (χ1) is 12.0. The summed E-state index contributed by atoms with van der Waals surface area (Å²) < 4.78 is 11.7. The lowest BCUT2D eigenvalue weighted by molar-refractivity contribution is -0.143. The Kier molecular flexibility index (Phi) is 6.87. The second kappa shape index (κ2) is 9.11. The van der Waals surface area contributed by atoms with Crippen LogP contribution in [-0.2, 0) is 14.3 Å². The fourth-order valence-corrected chi connectivity index (χ4v) is 2.46. The van der Waals surface area contributed by atoms with Crippen molar-refractivity contribution in [2.45, 2.75) is 51.1 Å². The largest absolute Gasteiger partial charge is 0.481 e. The van der Waals surface area contributed by atoms with Crippen LogP contribution in [0.1, 0.15) is 38.8 Å². The standard InChI is InChI=1S/C19H22N2O4/c1-19(2)24-16(17(25-19)10-7-11-18(22)23)9-6-4-3-5-8-15-14-20-12-13-21-15/h3-4,6,9,12-14,16-17H,7,10-11H2,1-2H3,(H,22,23)/b4-3+,9-6+/t16-,17+/m1/s1. The van der Waals surface area contributed by atoms with Crippen molar-refractivity contribution < 1.29 is 19.4 Å². The second-order valence-corrected chi connectivity index (χ2v) is 6.03. The van der Waals surface area contributed by atoms with E-state index in [2.05, 4.69) is 21.8 Å². The topological polar surface area (TPSA) is 81.5 Å². The van der Waals surface area contributed by atoms with Crippen LogP contribution >= 0.6 is 0 Å². The Balaban J connectivity index is 1.87. The van der Waals surface area contributed by atoms with Crippen LogP contribution in [0.25, 0.3) is 0 Å². The Hall–Kier alpha value is -2.49. The van der Waals surface area contributed by atoms with Gasteiger partial charge in [0.05, 0.1) is 12.3 Å². The number of carboxylic acids is 1. The van der Waals surface area contributed by atoms with E-state index in [4.69, 9.17) is 14.6 Å². The number of rotatable bonds is 6. The third-order valence-electron chi connectivity index (χ3n) is 3.46. The zero-order valence-electron chi connectivity index (χ0n) is 14.4. The zero-order chi connectivity index (χ0) is 18.1. The maximum absolute atomic E-state index is 10.6. The Morgan fingerprint density at radius 2 is 2.20 bits per heavy atom. The Morgan fingerprint density at radius 3 is 2.92 bits per heavy atom. The summed E-state index contributed by atoms with van der Waals surface area (Å²) in [4.78, 5) is 18.6. The number of nitrogens with zero attached hydrogens (tertiary/aromatic N) is 2. The van der Waals surface area contributed by atoms with Crippen molar-refractivity contribution >= 4 is 5.97 Å². The van der Waals surface area contributed by atoms with Gasteiger partial charge in [-0.3, -0.25) is 9.78 Å². The van der Waals surface area contributed by atoms with Crippen LogP contribution in [0.15, 0.2) is 42.9 Å². The quantitative estimate of drug-likeness (QED) is 0.632. The average molecular weight is 342 g/mol. The first-order valence-electron chi connectivity index (χ1n) is 8.14. The van der Waals surface area contributed by atoms with E-state index in [9.17, 15) is 4.79 Å². The minimum absolute atomic E-state index is 0.134. The molecule has 0 aromatic carbocycles. The number of aliphatic carboxylic acids is 1. The molecule has 1 fully saturated rings. The lowest BCUT2D eigenvalue weighted by Gasteiger charge is -2.16. The van der Waals surface area contributed by atoms with Gasteiger partial charge in [0, 0.05) is 18.8 Å². The number of ether oxygens (including phenoxy) is 2. The highest BCUT2D eigenvalue weighted by Crippen LogP contribution is 2.31. The maximum atomic E-state index is 10.6. The normalized spacial score (nSPS) is 22.2. The molecule has 1 N–H and O–H groups in total. The summed E-state index contributed by atoms with van der Waals surface area (Å²) in [6.07, 6.45) is 13.1. The number of hydrogen-bond donors (Lipinski definition) is 1. The second-order valence-electron chi connectivity index (χ2n) is 6.03. The Morgan fingerprint density at radius 1 is 1.36 bits per heavy atom. The van der Waals surface area contributed by atoms with Gasteiger partial charge >= 0.3 is 5.97 Å². The molecule has 132 valence electrons. The van der Waals surface area contributed by atoms with Gasteiger partial charge in [0.1, 0.15) is 11.8 Å². The maximum Gasteiger partial charge on any atom is 0.303 e. The molecule has 2 atom stereocenters. The van der Waals surface area contributed by atoms with Crippen molar-refractivity contribution in [2.75, 3.05) is 0 Å². The summed E-state index contributed by atoms with van der Waals surface area (Å²) >= 11 is 0. The van der Waals surface area contributed by atoms with Crippen molar-refractivity contribution in [3.63, 3.8) is 0 Å². The molecule has 6 heteroatoms. The van der Waals surface area contributed by atoms with Crippen LogP contribution in [0.2, 0.25) is 0 Å². The predicted octanol–water partition coefficient (Wildman–Crippen LogP) is 2.72.